The molecule has 80 valence electrons. The molecule has 1 unspecified atom stereocenters. The van der Waals surface area contributed by atoms with Gasteiger partial charge >= 0.3 is 5.97 Å². The zero-order valence-electron chi connectivity index (χ0n) is 8.08. The van der Waals surface area contributed by atoms with Gasteiger partial charge in [0.2, 0.25) is 0 Å². The number of esters is 1. The van der Waals surface area contributed by atoms with E-state index in [4.69, 9.17) is 11.6 Å². The predicted molar refractivity (Wildman–Crippen MR) is 57.5 cm³/mol. The normalized spacial score (nSPS) is 19.9. The summed E-state index contributed by atoms with van der Waals surface area (Å²) < 4.78 is 5.19. The van der Waals surface area contributed by atoms with Gasteiger partial charge in [0.25, 0.3) is 0 Å². The smallest absolute Gasteiger partial charge is 0.316 e. The number of thiophene rings is 1. The molecule has 2 rings (SSSR count). The molecule has 1 aromatic rings. The van der Waals surface area contributed by atoms with E-state index in [1.54, 1.807) is 6.07 Å². The largest absolute Gasteiger partial charge is 0.468 e. The Morgan fingerprint density at radius 2 is 2.40 bits per heavy atom. The minimum Gasteiger partial charge on any atom is -0.468 e. The van der Waals surface area contributed by atoms with Crippen LogP contribution < -0.4 is 0 Å². The van der Waals surface area contributed by atoms with Gasteiger partial charge in [0.15, 0.2) is 5.78 Å². The van der Waals surface area contributed by atoms with Gasteiger partial charge in [0.05, 0.1) is 11.4 Å². The summed E-state index contributed by atoms with van der Waals surface area (Å²) in [4.78, 5) is 24.2. The van der Waals surface area contributed by atoms with E-state index >= 15 is 0 Å². The molecule has 15 heavy (non-hydrogen) atoms. The molecule has 0 spiro atoms. The van der Waals surface area contributed by atoms with Crippen molar-refractivity contribution in [2.24, 2.45) is 5.92 Å². The van der Waals surface area contributed by atoms with Crippen molar-refractivity contribution in [3.63, 3.8) is 0 Å². The molecule has 5 heteroatoms. The second-order valence-corrected chi connectivity index (χ2v) is 5.13. The average Bonchev–Trinajstić information content (AvgIpc) is 2.59. The lowest BCUT2D eigenvalue weighted by Gasteiger charge is -2.18. The standard InChI is InChI=1S/C10H9ClO3S/c1-14-10(13)5-2-3-7-6(9(5)12)4-8(11)15-7/h4-5H,2-3H2,1H3. The topological polar surface area (TPSA) is 43.4 Å². The first kappa shape index (κ1) is 10.6. The first-order valence-corrected chi connectivity index (χ1v) is 5.73. The van der Waals surface area contributed by atoms with E-state index in [-0.39, 0.29) is 5.78 Å². The van der Waals surface area contributed by atoms with Crippen LogP contribution in [0.1, 0.15) is 21.7 Å². The molecule has 3 nitrogen and oxygen atoms in total. The van der Waals surface area contributed by atoms with Crippen molar-refractivity contribution in [1.29, 1.82) is 0 Å². The Balaban J connectivity index is 2.33. The van der Waals surface area contributed by atoms with Crippen LogP contribution in [0.2, 0.25) is 4.34 Å². The summed E-state index contributed by atoms with van der Waals surface area (Å²) in [5.41, 5.74) is 0.589. The van der Waals surface area contributed by atoms with Crippen LogP contribution in [0.3, 0.4) is 0 Å². The molecule has 0 aromatic carbocycles. The van der Waals surface area contributed by atoms with E-state index < -0.39 is 11.9 Å². The SMILES string of the molecule is COC(=O)C1CCc2sc(Cl)cc2C1=O. The van der Waals surface area contributed by atoms with Gasteiger partial charge in [-0.05, 0) is 18.9 Å². The van der Waals surface area contributed by atoms with Crippen molar-refractivity contribution in [3.05, 3.63) is 20.8 Å². The molecule has 0 radical (unpaired) electrons. The lowest BCUT2D eigenvalue weighted by Crippen LogP contribution is -2.29. The Bertz CT molecular complexity index is 424. The molecular formula is C10H9ClO3S. The Labute approximate surface area is 96.0 Å². The number of hydrogen-bond donors (Lipinski definition) is 0. The predicted octanol–water partition coefficient (Wildman–Crippen LogP) is 2.32. The molecule has 0 aliphatic heterocycles. The molecule has 1 heterocycles. The van der Waals surface area contributed by atoms with E-state index in [1.165, 1.54) is 18.4 Å². The summed E-state index contributed by atoms with van der Waals surface area (Å²) in [6.07, 6.45) is 1.24. The number of halogens is 1. The Morgan fingerprint density at radius 3 is 3.07 bits per heavy atom. The van der Waals surface area contributed by atoms with Crippen molar-refractivity contribution in [2.45, 2.75) is 12.8 Å². The summed E-state index contributed by atoms with van der Waals surface area (Å²) in [6.45, 7) is 0. The quantitative estimate of drug-likeness (QED) is 0.563. The summed E-state index contributed by atoms with van der Waals surface area (Å²) >= 11 is 7.24. The molecule has 1 aliphatic rings. The zero-order valence-corrected chi connectivity index (χ0v) is 9.65. The van der Waals surface area contributed by atoms with Gasteiger partial charge in [-0.2, -0.15) is 0 Å². The van der Waals surface area contributed by atoms with E-state index in [0.29, 0.717) is 16.3 Å². The van der Waals surface area contributed by atoms with Gasteiger partial charge in [-0.1, -0.05) is 11.6 Å². The minimum atomic E-state index is -0.645. The van der Waals surface area contributed by atoms with Crippen LogP contribution in [-0.4, -0.2) is 18.9 Å². The molecule has 0 fully saturated rings. The molecule has 0 N–H and O–H groups in total. The van der Waals surface area contributed by atoms with Crippen LogP contribution in [0.4, 0.5) is 0 Å². The van der Waals surface area contributed by atoms with Crippen molar-refractivity contribution >= 4 is 34.7 Å². The second kappa shape index (κ2) is 3.94. The van der Waals surface area contributed by atoms with Gasteiger partial charge in [-0.25, -0.2) is 0 Å². The van der Waals surface area contributed by atoms with Crippen molar-refractivity contribution < 1.29 is 14.3 Å². The third kappa shape index (κ3) is 1.79. The van der Waals surface area contributed by atoms with Crippen LogP contribution in [-0.2, 0) is 16.0 Å². The van der Waals surface area contributed by atoms with Gasteiger partial charge in [0.1, 0.15) is 5.92 Å². The number of rotatable bonds is 1. The number of carbonyl (C=O) groups is 2. The molecule has 0 saturated carbocycles. The van der Waals surface area contributed by atoms with Crippen LogP contribution >= 0.6 is 22.9 Å². The Hall–Kier alpha value is -0.870. The third-order valence-corrected chi connectivity index (χ3v) is 3.83. The third-order valence-electron chi connectivity index (χ3n) is 2.51. The van der Waals surface area contributed by atoms with Gasteiger partial charge in [-0.3, -0.25) is 9.59 Å². The van der Waals surface area contributed by atoms with E-state index in [1.807, 2.05) is 0 Å². The number of ketones is 1. The maximum atomic E-state index is 11.9. The van der Waals surface area contributed by atoms with E-state index in [2.05, 4.69) is 4.74 Å². The molecule has 1 aromatic heterocycles. The molecule has 1 atom stereocenters. The van der Waals surface area contributed by atoms with E-state index in [0.717, 1.165) is 11.3 Å². The lowest BCUT2D eigenvalue weighted by atomic mass is 9.87. The van der Waals surface area contributed by atoms with Gasteiger partial charge in [-0.15, -0.1) is 11.3 Å². The molecule has 1 aliphatic carbocycles. The van der Waals surface area contributed by atoms with Gasteiger partial charge in [0, 0.05) is 10.4 Å². The number of carbonyl (C=O) groups excluding carboxylic acids is 2. The van der Waals surface area contributed by atoms with Crippen molar-refractivity contribution in [3.8, 4) is 0 Å². The van der Waals surface area contributed by atoms with Crippen LogP contribution in [0.15, 0.2) is 6.07 Å². The molecule has 0 amide bonds. The molecule has 0 bridgehead atoms. The summed E-state index contributed by atoms with van der Waals surface area (Å²) in [5.74, 6) is -1.26. The number of aryl methyl sites for hydroxylation is 1. The van der Waals surface area contributed by atoms with Crippen LogP contribution in [0.25, 0.3) is 0 Å². The highest BCUT2D eigenvalue weighted by Crippen LogP contribution is 2.34. The monoisotopic (exact) mass is 244 g/mol. The second-order valence-electron chi connectivity index (χ2n) is 3.37. The van der Waals surface area contributed by atoms with Crippen LogP contribution in [0, 0.1) is 5.92 Å². The average molecular weight is 245 g/mol. The number of Topliss-reactive ketones (excluding diaryl/α,β-unsaturated/α-hetero) is 1. The summed E-state index contributed by atoms with van der Waals surface area (Å²) in [5, 5.41) is 0. The maximum Gasteiger partial charge on any atom is 0.316 e. The Kier molecular flexibility index (Phi) is 2.80. The van der Waals surface area contributed by atoms with Crippen molar-refractivity contribution in [1.82, 2.24) is 0 Å². The number of ether oxygens (including phenoxy) is 1. The number of fused-ring (bicyclic) bond motifs is 1. The van der Waals surface area contributed by atoms with Gasteiger partial charge < -0.3 is 4.74 Å². The fourth-order valence-electron chi connectivity index (χ4n) is 1.75. The fraction of sp³-hybridized carbons (Fsp3) is 0.400. The van der Waals surface area contributed by atoms with Crippen LogP contribution in [0.5, 0.6) is 0 Å². The zero-order chi connectivity index (χ0) is 11.0. The highest BCUT2D eigenvalue weighted by Gasteiger charge is 2.34. The Morgan fingerprint density at radius 1 is 1.67 bits per heavy atom. The number of hydrogen-bond acceptors (Lipinski definition) is 4. The number of methoxy groups -OCH3 is 1. The minimum absolute atomic E-state index is 0.161. The summed E-state index contributed by atoms with van der Waals surface area (Å²) in [7, 11) is 1.30. The van der Waals surface area contributed by atoms with Crippen molar-refractivity contribution in [2.75, 3.05) is 7.11 Å². The first-order valence-electron chi connectivity index (χ1n) is 4.53. The molecule has 0 saturated heterocycles. The highest BCUT2D eigenvalue weighted by atomic mass is 35.5. The summed E-state index contributed by atoms with van der Waals surface area (Å²) in [6, 6.07) is 1.64. The lowest BCUT2D eigenvalue weighted by molar-refractivity contribution is -0.143. The highest BCUT2D eigenvalue weighted by molar-refractivity contribution is 7.16. The molecular weight excluding hydrogens is 236 g/mol. The fourth-order valence-corrected chi connectivity index (χ4v) is 3.04. The van der Waals surface area contributed by atoms with E-state index in [9.17, 15) is 9.59 Å². The maximum absolute atomic E-state index is 11.9. The first-order chi connectivity index (χ1) is 7.13.